The van der Waals surface area contributed by atoms with Crippen LogP contribution >= 0.6 is 0 Å². The summed E-state index contributed by atoms with van der Waals surface area (Å²) in [5, 5.41) is 123. The van der Waals surface area contributed by atoms with Gasteiger partial charge in [-0.2, -0.15) is 4.98 Å². The Bertz CT molecular complexity index is 2840. The van der Waals surface area contributed by atoms with E-state index in [4.69, 9.17) is 41.1 Å². The van der Waals surface area contributed by atoms with E-state index in [1.54, 1.807) is 26.0 Å². The van der Waals surface area contributed by atoms with E-state index in [2.05, 4.69) is 63.6 Å². The van der Waals surface area contributed by atoms with Crippen molar-refractivity contribution in [2.45, 2.75) is 136 Å². The summed E-state index contributed by atoms with van der Waals surface area (Å²) in [6, 6.07) is 0.799. The predicted octanol–water partition coefficient (Wildman–Crippen LogP) is -2.11. The number of hydrogen-bond acceptors (Lipinski definition) is 24. The molecule has 1 aromatic rings. The predicted molar refractivity (Wildman–Crippen MR) is 264 cm³/mol. The van der Waals surface area contributed by atoms with Gasteiger partial charge in [-0.25, -0.2) is 14.0 Å². The number of aliphatic hydroxyl groups excluding tert-OH is 10. The number of halogens is 1. The standard InChI is InChI=1S/C11H13FN4O4.C11H15N5O5.C11H14N4O5.C10H15N5O5/c1-6-2-3-16(7(18)4-6)10-8(12)9(19)11(5-17,20-10)14-15-13;1-6-3-4-16(9(19)13-6)8-10(2,20)7(18)11(5-17,21-8)14-15-12;1-6-2-3-15(7(17)4-6)10-8(18)9(19)11(5-16,20-10)13-14-12;1-5-2-3-15(9(19)12-5)8-6(17)7(18)10(4-16,20-8)13-14-11/h2-3,8-10,17,19H,1,4-5H2;3-4,7-8,17-18,20H,5H2,1-2H3;2-3,8-10,16,18-19H,1,4-5H2;2-3,5-8,16-18H,4H2,1H3,(H,12,19)/t8-,9-,10+,11+;7-,8+,10+,11+;8-,9-,10-,11-;5?,6-,7-,8-,10-/m0011/s1. The second-order valence-electron chi connectivity index (χ2n) is 18.8. The highest BCUT2D eigenvalue weighted by atomic mass is 19.1. The highest BCUT2D eigenvalue weighted by molar-refractivity contribution is 5.83. The molecule has 0 aromatic carbocycles. The molecule has 0 bridgehead atoms. The zero-order chi connectivity index (χ0) is 60.6. The Kier molecular flexibility index (Phi) is 20.5. The lowest BCUT2D eigenvalue weighted by molar-refractivity contribution is -0.158. The monoisotopic (exact) mass is 1150 g/mol. The van der Waals surface area contributed by atoms with E-state index in [0.29, 0.717) is 16.8 Å². The summed E-state index contributed by atoms with van der Waals surface area (Å²) in [5.74, 6) is -0.851. The first-order valence-electron chi connectivity index (χ1n) is 23.6. The third kappa shape index (κ3) is 12.6. The number of aromatic nitrogens is 2. The minimum absolute atomic E-state index is 0.00712. The van der Waals surface area contributed by atoms with Crippen molar-refractivity contribution in [1.29, 1.82) is 0 Å². The molecule has 4 saturated heterocycles. The molecule has 81 heavy (non-hydrogen) atoms. The van der Waals surface area contributed by atoms with Crippen molar-refractivity contribution in [1.82, 2.24) is 29.6 Å². The van der Waals surface area contributed by atoms with Gasteiger partial charge in [-0.3, -0.25) is 28.9 Å². The molecule has 12 N–H and O–H groups in total. The molecule has 1 unspecified atom stereocenters. The lowest BCUT2D eigenvalue weighted by Crippen LogP contribution is -2.52. The minimum atomic E-state index is -2.14. The Labute approximate surface area is 454 Å². The summed E-state index contributed by atoms with van der Waals surface area (Å²) in [7, 11) is 0. The Morgan fingerprint density at radius 3 is 1.53 bits per heavy atom. The largest absolute Gasteiger partial charge is 0.393 e. The number of amides is 4. The van der Waals surface area contributed by atoms with Crippen LogP contribution in [0.2, 0.25) is 0 Å². The molecule has 440 valence electrons. The number of rotatable bonds is 12. The molecule has 4 amide bonds. The fourth-order valence-corrected chi connectivity index (χ4v) is 8.69. The number of aliphatic hydroxyl groups is 11. The van der Waals surface area contributed by atoms with Gasteiger partial charge in [0, 0.05) is 56.2 Å². The van der Waals surface area contributed by atoms with Crippen LogP contribution in [0.15, 0.2) is 98.6 Å². The van der Waals surface area contributed by atoms with Crippen LogP contribution in [0.4, 0.5) is 9.18 Å². The first-order chi connectivity index (χ1) is 38.1. The first kappa shape index (κ1) is 64.2. The third-order valence-corrected chi connectivity index (χ3v) is 13.2. The molecule has 7 aliphatic heterocycles. The number of nitrogens with zero attached hydrogens (tertiary/aromatic N) is 17. The van der Waals surface area contributed by atoms with E-state index in [1.807, 2.05) is 0 Å². The number of azide groups is 4. The van der Waals surface area contributed by atoms with Crippen molar-refractivity contribution in [2.24, 2.45) is 20.5 Å². The fraction of sp³-hybridized carbons (Fsp3) is 0.605. The van der Waals surface area contributed by atoms with Gasteiger partial charge in [0.25, 0.3) is 0 Å². The molecule has 8 rings (SSSR count). The summed E-state index contributed by atoms with van der Waals surface area (Å²) in [6.07, 6.45) is -7.22. The number of ether oxygens (including phenoxy) is 4. The van der Waals surface area contributed by atoms with Crippen molar-refractivity contribution >= 4 is 17.8 Å². The zero-order valence-electron chi connectivity index (χ0n) is 42.9. The number of carbonyl (C=O) groups excluding carboxylic acids is 3. The number of aryl methyl sites for hydroxylation is 1. The van der Waals surface area contributed by atoms with Crippen LogP contribution in [0, 0.1) is 6.92 Å². The quantitative estimate of drug-likeness (QED) is 0.0605. The van der Waals surface area contributed by atoms with Crippen LogP contribution in [0.3, 0.4) is 0 Å². The van der Waals surface area contributed by atoms with E-state index in [-0.39, 0.29) is 24.8 Å². The number of alkyl halides is 1. The molecule has 0 saturated carbocycles. The van der Waals surface area contributed by atoms with Gasteiger partial charge < -0.3 is 80.4 Å². The minimum Gasteiger partial charge on any atom is -0.393 e. The Morgan fingerprint density at radius 1 is 0.691 bits per heavy atom. The van der Waals surface area contributed by atoms with Gasteiger partial charge in [0.05, 0.1) is 39.3 Å². The van der Waals surface area contributed by atoms with Crippen molar-refractivity contribution in [2.75, 3.05) is 26.4 Å². The molecule has 0 aliphatic carbocycles. The highest BCUT2D eigenvalue weighted by Gasteiger charge is 2.63. The van der Waals surface area contributed by atoms with Crippen LogP contribution in [-0.4, -0.2) is 221 Å². The molecule has 38 heteroatoms. The zero-order valence-corrected chi connectivity index (χ0v) is 42.9. The van der Waals surface area contributed by atoms with Crippen molar-refractivity contribution < 1.29 is 93.9 Å². The molecule has 8 heterocycles. The molecule has 37 nitrogen and oxygen atoms in total. The number of hydrogen-bond donors (Lipinski definition) is 12. The summed E-state index contributed by atoms with van der Waals surface area (Å²) >= 11 is 0. The molecule has 0 radical (unpaired) electrons. The SMILES string of the molecule is C=C1C=CN([C@@H]2O[C@@](CO)(N=[N+]=[N-])[C@@H](O)[C@@H]2F)C(=O)C1.C=C1C=CN([C@@H]2O[C@@](CO)(N=[N+]=[N-])[C@H](O)[C@H]2O)C(=O)C1.CC1C=CN([C@@H]2O[C@@](CO)(N=[N+]=[N-])[C@H](O)[C@H]2O)C(=O)N1.Cc1ccn([C@@H]2O[C@@](CO)(N=[N+]=[N-])[C@@H](O)[C@@]2(C)O)c(=O)n1. The van der Waals surface area contributed by atoms with Gasteiger partial charge in [0.2, 0.25) is 34.7 Å². The average molecular weight is 1150 g/mol. The Morgan fingerprint density at radius 2 is 1.11 bits per heavy atom. The van der Waals surface area contributed by atoms with Crippen molar-refractivity contribution in [3.8, 4) is 0 Å². The smallest absolute Gasteiger partial charge is 0.349 e. The highest BCUT2D eigenvalue weighted by Crippen LogP contribution is 2.45. The van der Waals surface area contributed by atoms with Crippen LogP contribution in [0.25, 0.3) is 41.8 Å². The van der Waals surface area contributed by atoms with Gasteiger partial charge >= 0.3 is 11.7 Å². The lowest BCUT2D eigenvalue weighted by Gasteiger charge is -2.32. The molecule has 0 spiro atoms. The maximum Gasteiger partial charge on any atom is 0.349 e. The Balaban J connectivity index is 0.000000198. The van der Waals surface area contributed by atoms with E-state index < -0.39 is 140 Å². The van der Waals surface area contributed by atoms with Gasteiger partial charge in [0.15, 0.2) is 31.1 Å². The van der Waals surface area contributed by atoms with E-state index in [1.165, 1.54) is 43.9 Å². The summed E-state index contributed by atoms with van der Waals surface area (Å²) in [6.45, 7) is 8.40. The maximum absolute atomic E-state index is 14.1. The molecule has 17 atom stereocenters. The van der Waals surface area contributed by atoms with E-state index in [9.17, 15) is 79.7 Å². The van der Waals surface area contributed by atoms with Crippen LogP contribution < -0.4 is 11.0 Å². The molecule has 4 fully saturated rings. The third-order valence-electron chi connectivity index (χ3n) is 13.2. The maximum atomic E-state index is 14.1. The number of urea groups is 1. The molecular formula is C43H57FN18O19. The van der Waals surface area contributed by atoms with Crippen LogP contribution in [0.1, 0.15) is 38.6 Å². The molecule has 7 aliphatic rings. The summed E-state index contributed by atoms with van der Waals surface area (Å²) in [4.78, 5) is 64.1. The van der Waals surface area contributed by atoms with Crippen molar-refractivity contribution in [3.05, 3.63) is 131 Å². The number of carbonyl (C=O) groups is 3. The fourth-order valence-electron chi connectivity index (χ4n) is 8.69. The van der Waals surface area contributed by atoms with Gasteiger partial charge in [-0.15, -0.1) is 0 Å². The van der Waals surface area contributed by atoms with E-state index in [0.717, 1.165) is 19.3 Å². The number of nitrogens with one attached hydrogen (secondary N) is 1. The van der Waals surface area contributed by atoms with Crippen LogP contribution in [-0.2, 0) is 28.5 Å². The molecule has 1 aromatic heterocycles. The van der Waals surface area contributed by atoms with E-state index >= 15 is 0 Å². The lowest BCUT2D eigenvalue weighted by atomic mass is 9.93. The second kappa shape index (κ2) is 25.9. The summed E-state index contributed by atoms with van der Waals surface area (Å²) < 4.78 is 36.1. The topological polar surface area (TPSA) is 562 Å². The first-order valence-corrected chi connectivity index (χ1v) is 23.6. The normalized spacial score (nSPS) is 37.5. The average Bonchev–Trinajstić information content (AvgIpc) is 4.21. The van der Waals surface area contributed by atoms with Gasteiger partial charge in [0.1, 0.15) is 42.2 Å². The second-order valence-corrected chi connectivity index (χ2v) is 18.8. The van der Waals surface area contributed by atoms with Crippen molar-refractivity contribution in [3.63, 3.8) is 0 Å². The summed E-state index contributed by atoms with van der Waals surface area (Å²) in [5.41, 5.74) is 24.7. The van der Waals surface area contributed by atoms with Crippen LogP contribution in [0.5, 0.6) is 0 Å². The van der Waals surface area contributed by atoms with Gasteiger partial charge in [-0.1, -0.05) is 33.6 Å². The van der Waals surface area contributed by atoms with Gasteiger partial charge in [-0.05, 0) is 78.3 Å². The molecular weight excluding hydrogens is 1090 g/mol. The number of allylic oxidation sites excluding steroid dienone is 2. The Hall–Kier alpha value is -7.64.